The van der Waals surface area contributed by atoms with E-state index in [-0.39, 0.29) is 17.3 Å². The van der Waals surface area contributed by atoms with Gasteiger partial charge in [-0.15, -0.1) is 0 Å². The predicted molar refractivity (Wildman–Crippen MR) is 88.8 cm³/mol. The maximum Gasteiger partial charge on any atom is 0.342 e. The van der Waals surface area contributed by atoms with Crippen molar-refractivity contribution in [2.75, 3.05) is 13.2 Å². The Balaban J connectivity index is 2.12. The number of halogens is 1. The Morgan fingerprint density at radius 2 is 1.96 bits per heavy atom. The summed E-state index contributed by atoms with van der Waals surface area (Å²) in [6.45, 7) is 4.82. The van der Waals surface area contributed by atoms with Gasteiger partial charge in [0.05, 0.1) is 13.2 Å². The Labute approximate surface area is 140 Å². The largest absolute Gasteiger partial charge is 0.494 e. The molecule has 2 aromatic rings. The van der Waals surface area contributed by atoms with Crippen LogP contribution in [0.25, 0.3) is 11.4 Å². The second-order valence-corrected chi connectivity index (χ2v) is 5.20. The number of nitrogens with zero attached hydrogens (tertiary/aromatic N) is 2. The van der Waals surface area contributed by atoms with Gasteiger partial charge in [0.1, 0.15) is 16.5 Å². The lowest BCUT2D eigenvalue weighted by atomic mass is 10.2. The van der Waals surface area contributed by atoms with E-state index in [9.17, 15) is 4.79 Å². The molecule has 0 fully saturated rings. The van der Waals surface area contributed by atoms with Gasteiger partial charge in [-0.3, -0.25) is 0 Å². The molecule has 1 aromatic heterocycles. The number of unbranched alkanes of at least 4 members (excludes halogenated alkanes) is 1. The molecule has 5 nitrogen and oxygen atoms in total. The molecule has 122 valence electrons. The number of carbonyl (C=O) groups is 1. The molecule has 1 aromatic carbocycles. The third kappa shape index (κ3) is 4.66. The molecule has 0 bridgehead atoms. The zero-order valence-corrected chi connectivity index (χ0v) is 14.0. The molecular weight excluding hydrogens is 316 g/mol. The van der Waals surface area contributed by atoms with Crippen molar-refractivity contribution in [2.45, 2.75) is 26.7 Å². The van der Waals surface area contributed by atoms with Gasteiger partial charge in [0, 0.05) is 11.8 Å². The molecule has 0 spiro atoms. The average molecular weight is 335 g/mol. The van der Waals surface area contributed by atoms with Crippen molar-refractivity contribution in [1.82, 2.24) is 9.97 Å². The van der Waals surface area contributed by atoms with E-state index in [1.165, 1.54) is 6.20 Å². The van der Waals surface area contributed by atoms with Gasteiger partial charge in [-0.05, 0) is 37.6 Å². The molecule has 0 saturated carbocycles. The van der Waals surface area contributed by atoms with Crippen molar-refractivity contribution in [3.8, 4) is 17.1 Å². The first-order valence-electron chi connectivity index (χ1n) is 7.58. The van der Waals surface area contributed by atoms with Crippen LogP contribution in [0.5, 0.6) is 5.75 Å². The second kappa shape index (κ2) is 8.48. The molecule has 6 heteroatoms. The summed E-state index contributed by atoms with van der Waals surface area (Å²) in [4.78, 5) is 20.0. The molecule has 1 heterocycles. The predicted octanol–water partition coefficient (Wildman–Crippen LogP) is 4.15. The number of hydrogen-bond donors (Lipinski definition) is 0. The first-order chi connectivity index (χ1) is 11.2. The molecule has 23 heavy (non-hydrogen) atoms. The standard InChI is InChI=1S/C17H19ClN2O3/c1-3-5-10-23-13-8-6-12(7-9-13)16-19-11-14(15(18)20-16)17(21)22-4-2/h6-9,11H,3-5,10H2,1-2H3. The third-order valence-corrected chi connectivity index (χ3v) is 3.40. The molecule has 0 aliphatic rings. The van der Waals surface area contributed by atoms with Crippen LogP contribution < -0.4 is 4.74 Å². The van der Waals surface area contributed by atoms with E-state index >= 15 is 0 Å². The maximum absolute atomic E-state index is 11.7. The number of carbonyl (C=O) groups excluding carboxylic acids is 1. The summed E-state index contributed by atoms with van der Waals surface area (Å²) >= 11 is 6.05. The summed E-state index contributed by atoms with van der Waals surface area (Å²) in [5, 5.41) is 0.0803. The van der Waals surface area contributed by atoms with Crippen LogP contribution in [0.15, 0.2) is 30.5 Å². The zero-order valence-electron chi connectivity index (χ0n) is 13.2. The van der Waals surface area contributed by atoms with Crippen molar-refractivity contribution in [3.63, 3.8) is 0 Å². The summed E-state index contributed by atoms with van der Waals surface area (Å²) in [5.41, 5.74) is 0.960. The SMILES string of the molecule is CCCCOc1ccc(-c2ncc(C(=O)OCC)c(Cl)n2)cc1. The maximum atomic E-state index is 11.7. The van der Waals surface area contributed by atoms with Gasteiger partial charge in [-0.1, -0.05) is 24.9 Å². The van der Waals surface area contributed by atoms with E-state index < -0.39 is 5.97 Å². The molecule has 0 saturated heterocycles. The monoisotopic (exact) mass is 334 g/mol. The fourth-order valence-corrected chi connectivity index (χ4v) is 2.09. The van der Waals surface area contributed by atoms with Crippen LogP contribution in [0.2, 0.25) is 5.15 Å². The normalized spacial score (nSPS) is 10.4. The highest BCUT2D eigenvalue weighted by atomic mass is 35.5. The molecular formula is C17H19ClN2O3. The van der Waals surface area contributed by atoms with Gasteiger partial charge in [0.2, 0.25) is 0 Å². The molecule has 2 rings (SSSR count). The van der Waals surface area contributed by atoms with E-state index in [1.807, 2.05) is 24.3 Å². The van der Waals surface area contributed by atoms with Gasteiger partial charge in [-0.25, -0.2) is 14.8 Å². The Hall–Kier alpha value is -2.14. The van der Waals surface area contributed by atoms with Gasteiger partial charge in [0.15, 0.2) is 5.82 Å². The van der Waals surface area contributed by atoms with Crippen molar-refractivity contribution in [1.29, 1.82) is 0 Å². The molecule has 0 aliphatic carbocycles. The van der Waals surface area contributed by atoms with Crippen molar-refractivity contribution >= 4 is 17.6 Å². The van der Waals surface area contributed by atoms with Crippen molar-refractivity contribution in [2.24, 2.45) is 0 Å². The quantitative estimate of drug-likeness (QED) is 0.432. The smallest absolute Gasteiger partial charge is 0.342 e. The minimum absolute atomic E-state index is 0.0803. The minimum atomic E-state index is -0.524. The number of ether oxygens (including phenoxy) is 2. The molecule has 0 aliphatic heterocycles. The fourth-order valence-electron chi connectivity index (χ4n) is 1.88. The van der Waals surface area contributed by atoms with Crippen LogP contribution in [0.4, 0.5) is 0 Å². The van der Waals surface area contributed by atoms with E-state index in [0.717, 1.165) is 24.2 Å². The summed E-state index contributed by atoms with van der Waals surface area (Å²) in [6, 6.07) is 7.44. The Bertz CT molecular complexity index is 659. The number of benzene rings is 1. The Morgan fingerprint density at radius 1 is 1.22 bits per heavy atom. The molecule has 0 radical (unpaired) electrons. The van der Waals surface area contributed by atoms with Crippen molar-refractivity contribution < 1.29 is 14.3 Å². The van der Waals surface area contributed by atoms with E-state index in [0.29, 0.717) is 12.4 Å². The summed E-state index contributed by atoms with van der Waals surface area (Å²) in [6.07, 6.45) is 3.50. The fraction of sp³-hybridized carbons (Fsp3) is 0.353. The second-order valence-electron chi connectivity index (χ2n) is 4.84. The van der Waals surface area contributed by atoms with Gasteiger partial charge >= 0.3 is 5.97 Å². The highest BCUT2D eigenvalue weighted by Gasteiger charge is 2.14. The highest BCUT2D eigenvalue weighted by Crippen LogP contribution is 2.22. The number of hydrogen-bond acceptors (Lipinski definition) is 5. The molecule has 0 N–H and O–H groups in total. The van der Waals surface area contributed by atoms with Crippen LogP contribution in [0.1, 0.15) is 37.0 Å². The van der Waals surface area contributed by atoms with Crippen LogP contribution in [0, 0.1) is 0 Å². The first kappa shape index (κ1) is 17.2. The number of rotatable bonds is 7. The third-order valence-electron chi connectivity index (χ3n) is 3.12. The lowest BCUT2D eigenvalue weighted by molar-refractivity contribution is 0.0525. The summed E-state index contributed by atoms with van der Waals surface area (Å²) in [7, 11) is 0. The van der Waals surface area contributed by atoms with Crippen molar-refractivity contribution in [3.05, 3.63) is 41.2 Å². The highest BCUT2D eigenvalue weighted by molar-refractivity contribution is 6.32. The number of esters is 1. The van der Waals surface area contributed by atoms with Crippen LogP contribution in [0.3, 0.4) is 0 Å². The topological polar surface area (TPSA) is 61.3 Å². The Kier molecular flexibility index (Phi) is 6.35. The summed E-state index contributed by atoms with van der Waals surface area (Å²) in [5.74, 6) is 0.725. The molecule has 0 amide bonds. The number of aromatic nitrogens is 2. The van der Waals surface area contributed by atoms with Gasteiger partial charge < -0.3 is 9.47 Å². The lowest BCUT2D eigenvalue weighted by Gasteiger charge is -2.07. The molecule has 0 atom stereocenters. The average Bonchev–Trinajstić information content (AvgIpc) is 2.56. The lowest BCUT2D eigenvalue weighted by Crippen LogP contribution is -2.07. The van der Waals surface area contributed by atoms with E-state index in [4.69, 9.17) is 21.1 Å². The van der Waals surface area contributed by atoms with Crippen LogP contribution in [-0.2, 0) is 4.74 Å². The summed E-state index contributed by atoms with van der Waals surface area (Å²) < 4.78 is 10.5. The first-order valence-corrected chi connectivity index (χ1v) is 7.96. The van der Waals surface area contributed by atoms with E-state index in [2.05, 4.69) is 16.9 Å². The van der Waals surface area contributed by atoms with Crippen LogP contribution in [-0.4, -0.2) is 29.2 Å². The zero-order chi connectivity index (χ0) is 16.7. The molecule has 0 unspecified atom stereocenters. The Morgan fingerprint density at radius 3 is 2.57 bits per heavy atom. The van der Waals surface area contributed by atoms with Gasteiger partial charge in [0.25, 0.3) is 0 Å². The minimum Gasteiger partial charge on any atom is -0.494 e. The van der Waals surface area contributed by atoms with Gasteiger partial charge in [-0.2, -0.15) is 0 Å². The van der Waals surface area contributed by atoms with E-state index in [1.54, 1.807) is 6.92 Å². The van der Waals surface area contributed by atoms with Crippen LogP contribution >= 0.6 is 11.6 Å².